The molecule has 0 aliphatic rings. The van der Waals surface area contributed by atoms with Crippen LogP contribution in [0.2, 0.25) is 0 Å². The highest BCUT2D eigenvalue weighted by Gasteiger charge is 2.32. The van der Waals surface area contributed by atoms with Gasteiger partial charge in [0.15, 0.2) is 0 Å². The lowest BCUT2D eigenvalue weighted by atomic mass is 10.0. The number of aliphatic carboxylic acids is 1. The van der Waals surface area contributed by atoms with Gasteiger partial charge in [-0.05, 0) is 49.1 Å². The lowest BCUT2D eigenvalue weighted by Gasteiger charge is -2.21. The summed E-state index contributed by atoms with van der Waals surface area (Å²) in [6, 6.07) is 9.17. The Morgan fingerprint density at radius 3 is 2.41 bits per heavy atom. The van der Waals surface area contributed by atoms with Crippen LogP contribution in [0.4, 0.5) is 13.2 Å². The molecule has 0 aliphatic carbocycles. The second-order valence-corrected chi connectivity index (χ2v) is 8.64. The van der Waals surface area contributed by atoms with Crippen molar-refractivity contribution in [2.24, 2.45) is 0 Å². The van der Waals surface area contributed by atoms with E-state index in [0.29, 0.717) is 10.5 Å². The monoisotopic (exact) mass is 413 g/mol. The van der Waals surface area contributed by atoms with Crippen molar-refractivity contribution >= 4 is 39.3 Å². The Morgan fingerprint density at radius 2 is 1.81 bits per heavy atom. The van der Waals surface area contributed by atoms with Gasteiger partial charge in [-0.15, -0.1) is 24.9 Å². The molecular formula is C18H14F3NO3S2. The predicted octanol–water partition coefficient (Wildman–Crippen LogP) is 5.82. The van der Waals surface area contributed by atoms with Gasteiger partial charge in [0.25, 0.3) is 0 Å². The molecule has 3 aromatic rings. The third-order valence-corrected chi connectivity index (χ3v) is 5.82. The van der Waals surface area contributed by atoms with Crippen molar-refractivity contribution in [3.63, 3.8) is 0 Å². The number of aromatic nitrogens is 1. The van der Waals surface area contributed by atoms with Crippen LogP contribution in [0.5, 0.6) is 5.75 Å². The fourth-order valence-electron chi connectivity index (χ4n) is 2.42. The molecule has 0 spiro atoms. The topological polar surface area (TPSA) is 59.4 Å². The molecule has 0 saturated heterocycles. The lowest BCUT2D eigenvalue weighted by Crippen LogP contribution is -2.26. The van der Waals surface area contributed by atoms with Crippen LogP contribution in [0.25, 0.3) is 21.2 Å². The van der Waals surface area contributed by atoms with Crippen molar-refractivity contribution in [1.82, 2.24) is 4.37 Å². The number of carboxylic acid groups (broad SMARTS) is 1. The Balaban J connectivity index is 2.08. The summed E-state index contributed by atoms with van der Waals surface area (Å²) in [4.78, 5) is 12.2. The van der Waals surface area contributed by atoms with Gasteiger partial charge in [0.05, 0.1) is 4.70 Å². The van der Waals surface area contributed by atoms with E-state index in [1.54, 1.807) is 20.0 Å². The minimum atomic E-state index is -4.76. The number of alkyl halides is 3. The van der Waals surface area contributed by atoms with Gasteiger partial charge in [-0.1, -0.05) is 18.2 Å². The SMILES string of the molecule is CC(C)(Sc1ccc2cnsc2c1-c1ccc(OC(F)(F)F)cc1)C(=O)O. The summed E-state index contributed by atoms with van der Waals surface area (Å²) in [5, 5.41) is 10.3. The number of halogens is 3. The Bertz CT molecular complexity index is 982. The molecule has 2 aromatic carbocycles. The number of fused-ring (bicyclic) bond motifs is 1. The van der Waals surface area contributed by atoms with Gasteiger partial charge in [-0.3, -0.25) is 4.79 Å². The number of carboxylic acids is 1. The first-order valence-electron chi connectivity index (χ1n) is 7.73. The van der Waals surface area contributed by atoms with E-state index >= 15 is 0 Å². The van der Waals surface area contributed by atoms with Gasteiger partial charge in [-0.2, -0.15) is 4.37 Å². The second kappa shape index (κ2) is 7.05. The first-order valence-corrected chi connectivity index (χ1v) is 9.32. The van der Waals surface area contributed by atoms with Gasteiger partial charge in [-0.25, -0.2) is 0 Å². The van der Waals surface area contributed by atoms with Crippen molar-refractivity contribution in [3.8, 4) is 16.9 Å². The fourth-order valence-corrected chi connectivity index (χ4v) is 4.39. The average molecular weight is 413 g/mol. The number of nitrogens with zero attached hydrogens (tertiary/aromatic N) is 1. The average Bonchev–Trinajstić information content (AvgIpc) is 3.02. The largest absolute Gasteiger partial charge is 0.573 e. The molecule has 0 fully saturated rings. The zero-order valence-corrected chi connectivity index (χ0v) is 15.8. The molecule has 4 nitrogen and oxygen atoms in total. The van der Waals surface area contributed by atoms with E-state index in [9.17, 15) is 23.1 Å². The Kier molecular flexibility index (Phi) is 5.09. The number of benzene rings is 2. The number of rotatable bonds is 5. The van der Waals surface area contributed by atoms with Crippen molar-refractivity contribution in [2.45, 2.75) is 29.9 Å². The van der Waals surface area contributed by atoms with Crippen LogP contribution < -0.4 is 4.74 Å². The molecule has 0 aliphatic heterocycles. The molecule has 27 heavy (non-hydrogen) atoms. The molecule has 0 radical (unpaired) electrons. The minimum absolute atomic E-state index is 0.317. The summed E-state index contributed by atoms with van der Waals surface area (Å²) in [5.41, 5.74) is 1.40. The molecule has 3 rings (SSSR count). The summed E-state index contributed by atoms with van der Waals surface area (Å²) >= 11 is 2.43. The van der Waals surface area contributed by atoms with E-state index < -0.39 is 17.1 Å². The molecule has 0 saturated carbocycles. The standard InChI is InChI=1S/C18H14F3NO3S2/c1-17(2,16(23)24)26-13-8-5-11-9-22-27-15(11)14(13)10-3-6-12(7-4-10)25-18(19,20)21/h3-9H,1-2H3,(H,23,24). The quantitative estimate of drug-likeness (QED) is 0.534. The van der Waals surface area contributed by atoms with Crippen molar-refractivity contribution < 1.29 is 27.8 Å². The van der Waals surface area contributed by atoms with Crippen molar-refractivity contribution in [3.05, 3.63) is 42.6 Å². The minimum Gasteiger partial charge on any atom is -0.480 e. The number of carbonyl (C=O) groups is 1. The first-order chi connectivity index (χ1) is 12.6. The van der Waals surface area contributed by atoms with Gasteiger partial charge in [0.2, 0.25) is 0 Å². The zero-order chi connectivity index (χ0) is 19.8. The van der Waals surface area contributed by atoms with Crippen molar-refractivity contribution in [1.29, 1.82) is 0 Å². The van der Waals surface area contributed by atoms with Crippen LogP contribution in [-0.4, -0.2) is 26.6 Å². The molecular weight excluding hydrogens is 399 g/mol. The second-order valence-electron chi connectivity index (χ2n) is 6.17. The zero-order valence-electron chi connectivity index (χ0n) is 14.2. The van der Waals surface area contributed by atoms with Gasteiger partial charge in [0.1, 0.15) is 10.5 Å². The van der Waals surface area contributed by atoms with Crippen LogP contribution >= 0.6 is 23.3 Å². The lowest BCUT2D eigenvalue weighted by molar-refractivity contribution is -0.274. The van der Waals surface area contributed by atoms with Crippen LogP contribution in [0.15, 0.2) is 47.5 Å². The van der Waals surface area contributed by atoms with E-state index in [2.05, 4.69) is 9.11 Å². The van der Waals surface area contributed by atoms with Gasteiger partial charge in [0, 0.05) is 22.0 Å². The highest BCUT2D eigenvalue weighted by Crippen LogP contribution is 2.44. The van der Waals surface area contributed by atoms with E-state index in [1.165, 1.54) is 47.6 Å². The van der Waals surface area contributed by atoms with Crippen LogP contribution in [0.3, 0.4) is 0 Å². The molecule has 9 heteroatoms. The molecule has 142 valence electrons. The van der Waals surface area contributed by atoms with Crippen LogP contribution in [0, 0.1) is 0 Å². The number of thioether (sulfide) groups is 1. The maximum Gasteiger partial charge on any atom is 0.573 e. The van der Waals surface area contributed by atoms with Gasteiger partial charge < -0.3 is 9.84 Å². The van der Waals surface area contributed by atoms with E-state index in [-0.39, 0.29) is 5.75 Å². The summed E-state index contributed by atoms with van der Waals surface area (Å²) in [5.74, 6) is -1.28. The molecule has 0 unspecified atom stereocenters. The summed E-state index contributed by atoms with van der Waals surface area (Å²) in [6.07, 6.45) is -3.06. The molecule has 1 N–H and O–H groups in total. The third-order valence-electron chi connectivity index (χ3n) is 3.74. The summed E-state index contributed by atoms with van der Waals surface area (Å²) in [6.45, 7) is 3.20. The summed E-state index contributed by atoms with van der Waals surface area (Å²) < 4.78 is 45.0. The maximum absolute atomic E-state index is 12.4. The number of hydrogen-bond donors (Lipinski definition) is 1. The highest BCUT2D eigenvalue weighted by molar-refractivity contribution is 8.01. The molecule has 1 aromatic heterocycles. The Hall–Kier alpha value is -2.26. The fraction of sp³-hybridized carbons (Fsp3) is 0.222. The Labute approximate surface area is 161 Å². The number of hydrogen-bond acceptors (Lipinski definition) is 5. The molecule has 1 heterocycles. The maximum atomic E-state index is 12.4. The van der Waals surface area contributed by atoms with Crippen molar-refractivity contribution in [2.75, 3.05) is 0 Å². The Morgan fingerprint density at radius 1 is 1.15 bits per heavy atom. The summed E-state index contributed by atoms with van der Waals surface area (Å²) in [7, 11) is 0. The van der Waals surface area contributed by atoms with Crippen LogP contribution in [-0.2, 0) is 4.79 Å². The van der Waals surface area contributed by atoms with Crippen LogP contribution in [0.1, 0.15) is 13.8 Å². The van der Waals surface area contributed by atoms with Gasteiger partial charge >= 0.3 is 12.3 Å². The predicted molar refractivity (Wildman–Crippen MR) is 99.3 cm³/mol. The van der Waals surface area contributed by atoms with E-state index in [4.69, 9.17) is 0 Å². The normalized spacial score (nSPS) is 12.3. The third kappa shape index (κ3) is 4.36. The smallest absolute Gasteiger partial charge is 0.480 e. The van der Waals surface area contributed by atoms with E-state index in [0.717, 1.165) is 15.6 Å². The molecule has 0 amide bonds. The first kappa shape index (κ1) is 19.5. The molecule has 0 atom stereocenters. The highest BCUT2D eigenvalue weighted by atomic mass is 32.2. The van der Waals surface area contributed by atoms with E-state index in [1.807, 2.05) is 12.1 Å². The number of ether oxygens (including phenoxy) is 1. The molecule has 0 bridgehead atoms.